The Labute approximate surface area is 100 Å². The summed E-state index contributed by atoms with van der Waals surface area (Å²) in [6.07, 6.45) is 0. The highest BCUT2D eigenvalue weighted by molar-refractivity contribution is 6.31. The molecule has 0 amide bonds. The van der Waals surface area contributed by atoms with Crippen molar-refractivity contribution in [2.75, 3.05) is 18.5 Å². The van der Waals surface area contributed by atoms with Crippen molar-refractivity contribution in [3.63, 3.8) is 0 Å². The molecule has 0 spiro atoms. The number of rotatable bonds is 5. The van der Waals surface area contributed by atoms with E-state index in [1.54, 1.807) is 12.1 Å². The van der Waals surface area contributed by atoms with Crippen LogP contribution in [0.15, 0.2) is 18.2 Å². The molecule has 0 radical (unpaired) electrons. The minimum Gasteiger partial charge on any atom is -0.396 e. The Morgan fingerprint density at radius 3 is 2.62 bits per heavy atom. The lowest BCUT2D eigenvalue weighted by atomic mass is 9.97. The second kappa shape index (κ2) is 6.06. The van der Waals surface area contributed by atoms with Crippen LogP contribution in [0.1, 0.15) is 13.8 Å². The van der Waals surface area contributed by atoms with Crippen LogP contribution >= 0.6 is 11.6 Å². The van der Waals surface area contributed by atoms with Crippen LogP contribution in [0, 0.1) is 17.7 Å². The topological polar surface area (TPSA) is 32.3 Å². The molecule has 90 valence electrons. The zero-order valence-corrected chi connectivity index (χ0v) is 10.3. The Morgan fingerprint density at radius 1 is 1.44 bits per heavy atom. The summed E-state index contributed by atoms with van der Waals surface area (Å²) in [6.45, 7) is 4.90. The molecule has 0 bridgehead atoms. The van der Waals surface area contributed by atoms with Crippen LogP contribution in [0.4, 0.5) is 10.1 Å². The van der Waals surface area contributed by atoms with Gasteiger partial charge >= 0.3 is 0 Å². The number of halogens is 2. The van der Waals surface area contributed by atoms with Crippen LogP contribution in [0.3, 0.4) is 0 Å². The fourth-order valence-corrected chi connectivity index (χ4v) is 1.55. The van der Waals surface area contributed by atoms with E-state index in [-0.39, 0.29) is 17.5 Å². The van der Waals surface area contributed by atoms with E-state index in [9.17, 15) is 4.39 Å². The number of aliphatic hydroxyl groups is 1. The lowest BCUT2D eigenvalue weighted by Crippen LogP contribution is -2.22. The van der Waals surface area contributed by atoms with Gasteiger partial charge in [-0.25, -0.2) is 4.39 Å². The molecule has 1 rings (SSSR count). The number of benzene rings is 1. The summed E-state index contributed by atoms with van der Waals surface area (Å²) in [4.78, 5) is 0. The van der Waals surface area contributed by atoms with Crippen LogP contribution in [0.5, 0.6) is 0 Å². The lowest BCUT2D eigenvalue weighted by Gasteiger charge is -2.19. The summed E-state index contributed by atoms with van der Waals surface area (Å²) in [5.74, 6) is 0.159. The molecule has 2 N–H and O–H groups in total. The maximum atomic E-state index is 12.9. The summed E-state index contributed by atoms with van der Waals surface area (Å²) < 4.78 is 12.9. The van der Waals surface area contributed by atoms with Gasteiger partial charge in [0.25, 0.3) is 0 Å². The largest absolute Gasteiger partial charge is 0.396 e. The molecule has 0 aliphatic rings. The van der Waals surface area contributed by atoms with Crippen LogP contribution < -0.4 is 5.32 Å². The fourth-order valence-electron chi connectivity index (χ4n) is 1.37. The molecule has 16 heavy (non-hydrogen) atoms. The second-order valence-corrected chi connectivity index (χ2v) is 4.60. The molecule has 0 saturated heterocycles. The molecule has 0 saturated carbocycles. The molecule has 1 atom stereocenters. The Hall–Kier alpha value is -0.800. The quantitative estimate of drug-likeness (QED) is 0.835. The van der Waals surface area contributed by atoms with Gasteiger partial charge in [-0.15, -0.1) is 0 Å². The van der Waals surface area contributed by atoms with Gasteiger partial charge in [-0.1, -0.05) is 25.4 Å². The standard InChI is InChI=1S/C12H17ClFNO/c1-8(2)9(7-16)6-15-10-3-4-12(14)11(13)5-10/h3-5,8-9,15-16H,6-7H2,1-2H3. The first-order valence-corrected chi connectivity index (χ1v) is 5.72. The molecule has 1 aromatic rings. The normalized spacial score (nSPS) is 12.9. The summed E-state index contributed by atoms with van der Waals surface area (Å²) in [6, 6.07) is 4.51. The van der Waals surface area contributed by atoms with Crippen molar-refractivity contribution in [3.05, 3.63) is 29.0 Å². The predicted octanol–water partition coefficient (Wildman–Crippen LogP) is 3.16. The Kier molecular flexibility index (Phi) is 5.03. The van der Waals surface area contributed by atoms with Crippen LogP contribution in [0.2, 0.25) is 5.02 Å². The van der Waals surface area contributed by atoms with E-state index in [1.807, 2.05) is 0 Å². The molecule has 4 heteroatoms. The van der Waals surface area contributed by atoms with Crippen molar-refractivity contribution >= 4 is 17.3 Å². The van der Waals surface area contributed by atoms with E-state index >= 15 is 0 Å². The van der Waals surface area contributed by atoms with Gasteiger partial charge in [-0.3, -0.25) is 0 Å². The molecule has 2 nitrogen and oxygen atoms in total. The van der Waals surface area contributed by atoms with Crippen LogP contribution in [-0.2, 0) is 0 Å². The van der Waals surface area contributed by atoms with Crippen molar-refractivity contribution in [2.45, 2.75) is 13.8 Å². The average Bonchev–Trinajstić information content (AvgIpc) is 2.23. The van der Waals surface area contributed by atoms with Gasteiger partial charge in [-0.05, 0) is 24.1 Å². The smallest absolute Gasteiger partial charge is 0.141 e. The average molecular weight is 246 g/mol. The van der Waals surface area contributed by atoms with E-state index in [0.29, 0.717) is 12.5 Å². The van der Waals surface area contributed by atoms with Crippen LogP contribution in [0.25, 0.3) is 0 Å². The van der Waals surface area contributed by atoms with E-state index in [4.69, 9.17) is 16.7 Å². The number of aliphatic hydroxyl groups excluding tert-OH is 1. The minimum atomic E-state index is -0.421. The van der Waals surface area contributed by atoms with Crippen molar-refractivity contribution in [3.8, 4) is 0 Å². The first-order chi connectivity index (χ1) is 7.54. The highest BCUT2D eigenvalue weighted by Crippen LogP contribution is 2.20. The Morgan fingerprint density at radius 2 is 2.12 bits per heavy atom. The van der Waals surface area contributed by atoms with Gasteiger partial charge in [0.15, 0.2) is 0 Å². The SMILES string of the molecule is CC(C)C(CO)CNc1ccc(F)c(Cl)c1. The minimum absolute atomic E-state index is 0.107. The van der Waals surface area contributed by atoms with Gasteiger partial charge in [-0.2, -0.15) is 0 Å². The number of anilines is 1. The van der Waals surface area contributed by atoms with Gasteiger partial charge in [0, 0.05) is 24.8 Å². The first-order valence-electron chi connectivity index (χ1n) is 5.34. The Balaban J connectivity index is 2.57. The van der Waals surface area contributed by atoms with E-state index in [2.05, 4.69) is 19.2 Å². The summed E-state index contributed by atoms with van der Waals surface area (Å²) >= 11 is 5.66. The van der Waals surface area contributed by atoms with Crippen molar-refractivity contribution in [2.24, 2.45) is 11.8 Å². The summed E-state index contributed by atoms with van der Waals surface area (Å²) in [5.41, 5.74) is 0.769. The third-order valence-electron chi connectivity index (χ3n) is 2.67. The monoisotopic (exact) mass is 245 g/mol. The molecule has 0 fully saturated rings. The maximum Gasteiger partial charge on any atom is 0.141 e. The number of nitrogens with one attached hydrogen (secondary N) is 1. The Bertz CT molecular complexity index is 344. The predicted molar refractivity (Wildman–Crippen MR) is 65.3 cm³/mol. The summed E-state index contributed by atoms with van der Waals surface area (Å²) in [5, 5.41) is 12.4. The molecular weight excluding hydrogens is 229 g/mol. The highest BCUT2D eigenvalue weighted by Gasteiger charge is 2.11. The molecule has 0 aliphatic heterocycles. The lowest BCUT2D eigenvalue weighted by molar-refractivity contribution is 0.198. The number of hydrogen-bond donors (Lipinski definition) is 2. The highest BCUT2D eigenvalue weighted by atomic mass is 35.5. The zero-order valence-electron chi connectivity index (χ0n) is 9.50. The van der Waals surface area contributed by atoms with Gasteiger partial charge in [0.05, 0.1) is 5.02 Å². The van der Waals surface area contributed by atoms with Gasteiger partial charge in [0.1, 0.15) is 5.82 Å². The third kappa shape index (κ3) is 3.65. The molecule has 0 aromatic heterocycles. The molecule has 0 aliphatic carbocycles. The van der Waals surface area contributed by atoms with Crippen molar-refractivity contribution in [1.29, 1.82) is 0 Å². The van der Waals surface area contributed by atoms with Crippen molar-refractivity contribution < 1.29 is 9.50 Å². The van der Waals surface area contributed by atoms with E-state index < -0.39 is 5.82 Å². The fraction of sp³-hybridized carbons (Fsp3) is 0.500. The molecule has 1 unspecified atom stereocenters. The van der Waals surface area contributed by atoms with Crippen LogP contribution in [-0.4, -0.2) is 18.3 Å². The van der Waals surface area contributed by atoms with Crippen molar-refractivity contribution in [1.82, 2.24) is 0 Å². The van der Waals surface area contributed by atoms with E-state index in [0.717, 1.165) is 5.69 Å². The van der Waals surface area contributed by atoms with E-state index in [1.165, 1.54) is 6.07 Å². The molecule has 1 aromatic carbocycles. The maximum absolute atomic E-state index is 12.9. The van der Waals surface area contributed by atoms with Gasteiger partial charge in [0.2, 0.25) is 0 Å². The first kappa shape index (κ1) is 13.3. The van der Waals surface area contributed by atoms with Gasteiger partial charge < -0.3 is 10.4 Å². The second-order valence-electron chi connectivity index (χ2n) is 4.20. The number of hydrogen-bond acceptors (Lipinski definition) is 2. The molecule has 0 heterocycles. The molecular formula is C12H17ClFNO. The third-order valence-corrected chi connectivity index (χ3v) is 2.95. The zero-order chi connectivity index (χ0) is 12.1. The summed E-state index contributed by atoms with van der Waals surface area (Å²) in [7, 11) is 0.